The molecule has 102 valence electrons. The smallest absolute Gasteiger partial charge is 0.186 e. The summed E-state index contributed by atoms with van der Waals surface area (Å²) in [5.74, 6) is 1.11. The van der Waals surface area contributed by atoms with Gasteiger partial charge in [0.2, 0.25) is 0 Å². The van der Waals surface area contributed by atoms with Gasteiger partial charge in [-0.1, -0.05) is 43.7 Å². The third-order valence-electron chi connectivity index (χ3n) is 3.33. The van der Waals surface area contributed by atoms with Gasteiger partial charge in [0.15, 0.2) is 11.5 Å². The van der Waals surface area contributed by atoms with Gasteiger partial charge in [0.05, 0.1) is 5.39 Å². The summed E-state index contributed by atoms with van der Waals surface area (Å²) in [6, 6.07) is 9.80. The molecule has 3 rings (SSSR count). The standard InChI is InChI=1S/C15H17N5/c1-2-3-9-11-12-13(16)17-14(18-15(12)20-19-11)10-7-5-4-6-8-10/h4-8H,2-3,9H2,1H3,(H3,16,17,18,19,20). The highest BCUT2D eigenvalue weighted by Crippen LogP contribution is 2.25. The fraction of sp³-hybridized carbons (Fsp3) is 0.267. The van der Waals surface area contributed by atoms with E-state index in [0.717, 1.165) is 35.9 Å². The summed E-state index contributed by atoms with van der Waals surface area (Å²) in [7, 11) is 0. The number of nitrogen functional groups attached to an aromatic ring is 1. The van der Waals surface area contributed by atoms with Crippen molar-refractivity contribution in [3.8, 4) is 11.4 Å². The van der Waals surface area contributed by atoms with Crippen LogP contribution in [0, 0.1) is 0 Å². The maximum Gasteiger partial charge on any atom is 0.186 e. The summed E-state index contributed by atoms with van der Waals surface area (Å²) >= 11 is 0. The fourth-order valence-electron chi connectivity index (χ4n) is 2.26. The first-order chi connectivity index (χ1) is 9.79. The van der Waals surface area contributed by atoms with Crippen LogP contribution in [0.5, 0.6) is 0 Å². The Morgan fingerprint density at radius 1 is 1.15 bits per heavy atom. The van der Waals surface area contributed by atoms with Gasteiger partial charge in [-0.05, 0) is 12.8 Å². The third kappa shape index (κ3) is 2.22. The number of benzene rings is 1. The van der Waals surface area contributed by atoms with Crippen LogP contribution < -0.4 is 5.73 Å². The second-order valence-electron chi connectivity index (χ2n) is 4.80. The number of rotatable bonds is 4. The number of unbranched alkanes of at least 4 members (excludes halogenated alkanes) is 1. The van der Waals surface area contributed by atoms with Crippen LogP contribution >= 0.6 is 0 Å². The van der Waals surface area contributed by atoms with E-state index in [1.807, 2.05) is 30.3 Å². The van der Waals surface area contributed by atoms with Gasteiger partial charge in [-0.25, -0.2) is 9.97 Å². The first-order valence-corrected chi connectivity index (χ1v) is 6.85. The molecule has 0 saturated carbocycles. The Balaban J connectivity index is 2.08. The van der Waals surface area contributed by atoms with Crippen molar-refractivity contribution in [2.24, 2.45) is 0 Å². The second-order valence-corrected chi connectivity index (χ2v) is 4.80. The van der Waals surface area contributed by atoms with Crippen molar-refractivity contribution in [2.75, 3.05) is 5.73 Å². The zero-order valence-corrected chi connectivity index (χ0v) is 11.4. The van der Waals surface area contributed by atoms with Crippen molar-refractivity contribution in [3.05, 3.63) is 36.0 Å². The average Bonchev–Trinajstić information content (AvgIpc) is 2.89. The van der Waals surface area contributed by atoms with E-state index in [2.05, 4.69) is 27.1 Å². The lowest BCUT2D eigenvalue weighted by Crippen LogP contribution is -1.98. The zero-order chi connectivity index (χ0) is 13.9. The molecule has 0 aliphatic heterocycles. The number of fused-ring (bicyclic) bond motifs is 1. The number of nitrogens with two attached hydrogens (primary N) is 1. The molecule has 20 heavy (non-hydrogen) atoms. The summed E-state index contributed by atoms with van der Waals surface area (Å²) < 4.78 is 0. The van der Waals surface area contributed by atoms with Gasteiger partial charge in [0.1, 0.15) is 5.82 Å². The molecule has 3 aromatic rings. The summed E-state index contributed by atoms with van der Waals surface area (Å²) in [4.78, 5) is 8.92. The van der Waals surface area contributed by atoms with Crippen LogP contribution in [0.1, 0.15) is 25.5 Å². The number of hydrogen-bond acceptors (Lipinski definition) is 4. The summed E-state index contributed by atoms with van der Waals surface area (Å²) in [5.41, 5.74) is 8.71. The predicted octanol–water partition coefficient (Wildman–Crippen LogP) is 2.94. The second kappa shape index (κ2) is 5.28. The molecule has 3 N–H and O–H groups in total. The molecule has 0 aliphatic carbocycles. The Morgan fingerprint density at radius 2 is 1.95 bits per heavy atom. The Morgan fingerprint density at radius 3 is 2.70 bits per heavy atom. The number of aryl methyl sites for hydroxylation is 1. The Labute approximate surface area is 117 Å². The van der Waals surface area contributed by atoms with Crippen LogP contribution in [0.2, 0.25) is 0 Å². The molecule has 2 aromatic heterocycles. The lowest BCUT2D eigenvalue weighted by Gasteiger charge is -2.03. The maximum atomic E-state index is 6.10. The zero-order valence-electron chi connectivity index (χ0n) is 11.4. The highest BCUT2D eigenvalue weighted by Gasteiger charge is 2.13. The highest BCUT2D eigenvalue weighted by atomic mass is 15.2. The van der Waals surface area contributed by atoms with Gasteiger partial charge in [-0.15, -0.1) is 0 Å². The van der Waals surface area contributed by atoms with Crippen molar-refractivity contribution in [3.63, 3.8) is 0 Å². The number of nitrogens with one attached hydrogen (secondary N) is 1. The minimum atomic E-state index is 0.494. The molecule has 0 unspecified atom stereocenters. The van der Waals surface area contributed by atoms with Gasteiger partial charge in [-0.3, -0.25) is 5.10 Å². The van der Waals surface area contributed by atoms with Crippen LogP contribution in [0.15, 0.2) is 30.3 Å². The van der Waals surface area contributed by atoms with E-state index in [0.29, 0.717) is 17.3 Å². The molecule has 0 aliphatic rings. The lowest BCUT2D eigenvalue weighted by molar-refractivity contribution is 0.775. The number of aromatic nitrogens is 4. The van der Waals surface area contributed by atoms with Crippen LogP contribution in [0.3, 0.4) is 0 Å². The van der Waals surface area contributed by atoms with Gasteiger partial charge in [-0.2, -0.15) is 5.10 Å². The minimum Gasteiger partial charge on any atom is -0.383 e. The van der Waals surface area contributed by atoms with Crippen molar-refractivity contribution >= 4 is 16.9 Å². The van der Waals surface area contributed by atoms with Crippen LogP contribution in [-0.4, -0.2) is 20.2 Å². The molecule has 5 heteroatoms. The fourth-order valence-corrected chi connectivity index (χ4v) is 2.26. The quantitative estimate of drug-likeness (QED) is 0.761. The number of hydrogen-bond donors (Lipinski definition) is 2. The first-order valence-electron chi connectivity index (χ1n) is 6.85. The highest BCUT2D eigenvalue weighted by molar-refractivity contribution is 5.89. The summed E-state index contributed by atoms with van der Waals surface area (Å²) in [6.07, 6.45) is 3.14. The molecule has 0 atom stereocenters. The SMILES string of the molecule is CCCCc1[nH]nc2nc(-c3ccccc3)nc(N)c12. The molecule has 0 amide bonds. The first kappa shape index (κ1) is 12.6. The van der Waals surface area contributed by atoms with Gasteiger partial charge in [0.25, 0.3) is 0 Å². The molecule has 0 radical (unpaired) electrons. The Bertz CT molecular complexity index is 718. The van der Waals surface area contributed by atoms with Crippen LogP contribution in [0.4, 0.5) is 5.82 Å². The van der Waals surface area contributed by atoms with E-state index < -0.39 is 0 Å². The molecule has 0 spiro atoms. The molecular weight excluding hydrogens is 250 g/mol. The van der Waals surface area contributed by atoms with Gasteiger partial charge in [0, 0.05) is 11.3 Å². The van der Waals surface area contributed by atoms with E-state index in [1.165, 1.54) is 0 Å². The van der Waals surface area contributed by atoms with Crippen molar-refractivity contribution in [2.45, 2.75) is 26.2 Å². The van der Waals surface area contributed by atoms with Crippen molar-refractivity contribution < 1.29 is 0 Å². The Kier molecular flexibility index (Phi) is 3.33. The van der Waals surface area contributed by atoms with Crippen LogP contribution in [0.25, 0.3) is 22.4 Å². The molecule has 0 saturated heterocycles. The Hall–Kier alpha value is -2.43. The number of nitrogens with zero attached hydrogens (tertiary/aromatic N) is 3. The summed E-state index contributed by atoms with van der Waals surface area (Å²) in [5, 5.41) is 8.16. The van der Waals surface area contributed by atoms with E-state index in [9.17, 15) is 0 Å². The topological polar surface area (TPSA) is 80.5 Å². The van der Waals surface area contributed by atoms with Crippen LogP contribution in [-0.2, 0) is 6.42 Å². The number of anilines is 1. The molecule has 5 nitrogen and oxygen atoms in total. The molecule has 2 heterocycles. The number of H-pyrrole nitrogens is 1. The number of aromatic amines is 1. The van der Waals surface area contributed by atoms with Crippen molar-refractivity contribution in [1.29, 1.82) is 0 Å². The van der Waals surface area contributed by atoms with E-state index in [-0.39, 0.29) is 0 Å². The van der Waals surface area contributed by atoms with Gasteiger partial charge >= 0.3 is 0 Å². The largest absolute Gasteiger partial charge is 0.383 e. The molecular formula is C15H17N5. The average molecular weight is 267 g/mol. The predicted molar refractivity (Wildman–Crippen MR) is 80.1 cm³/mol. The van der Waals surface area contributed by atoms with Gasteiger partial charge < -0.3 is 5.73 Å². The third-order valence-corrected chi connectivity index (χ3v) is 3.33. The molecule has 0 fully saturated rings. The maximum absolute atomic E-state index is 6.10. The molecule has 0 bridgehead atoms. The normalized spacial score (nSPS) is 11.1. The van der Waals surface area contributed by atoms with Crippen molar-refractivity contribution in [1.82, 2.24) is 20.2 Å². The van der Waals surface area contributed by atoms with E-state index in [1.54, 1.807) is 0 Å². The molecule has 1 aromatic carbocycles. The van der Waals surface area contributed by atoms with E-state index >= 15 is 0 Å². The minimum absolute atomic E-state index is 0.494. The lowest BCUT2D eigenvalue weighted by atomic mass is 10.1. The summed E-state index contributed by atoms with van der Waals surface area (Å²) in [6.45, 7) is 2.16. The van der Waals surface area contributed by atoms with E-state index in [4.69, 9.17) is 5.73 Å². The monoisotopic (exact) mass is 267 g/mol.